The minimum atomic E-state index is 0.0369. The molecule has 128 valence electrons. The molecule has 0 saturated heterocycles. The topological polar surface area (TPSA) is 66.3 Å². The third-order valence-electron chi connectivity index (χ3n) is 4.97. The highest BCUT2D eigenvalue weighted by Gasteiger charge is 2.21. The summed E-state index contributed by atoms with van der Waals surface area (Å²) >= 11 is 0. The maximum absolute atomic E-state index is 12.8. The molecule has 0 unspecified atom stereocenters. The molecule has 5 rings (SSSR count). The molecule has 0 radical (unpaired) electrons. The fraction of sp³-hybridized carbons (Fsp3) is 0.150. The predicted octanol–water partition coefficient (Wildman–Crippen LogP) is 3.14. The van der Waals surface area contributed by atoms with E-state index in [9.17, 15) is 4.79 Å². The van der Waals surface area contributed by atoms with Crippen LogP contribution in [0.15, 0.2) is 61.2 Å². The zero-order valence-corrected chi connectivity index (χ0v) is 14.1. The molecule has 6 heteroatoms. The summed E-state index contributed by atoms with van der Waals surface area (Å²) < 4.78 is 1.77. The molecule has 0 spiro atoms. The smallest absolute Gasteiger partial charge is 0.255 e. The molecule has 1 N–H and O–H groups in total. The lowest BCUT2D eigenvalue weighted by atomic mass is 9.98. The highest BCUT2D eigenvalue weighted by atomic mass is 16.2. The first-order valence-electron chi connectivity index (χ1n) is 8.64. The van der Waals surface area contributed by atoms with Gasteiger partial charge in [0, 0.05) is 41.9 Å². The minimum Gasteiger partial charge on any atom is -0.361 e. The van der Waals surface area contributed by atoms with Crippen LogP contribution < -0.4 is 0 Å². The molecular weight excluding hydrogens is 326 g/mol. The van der Waals surface area contributed by atoms with Crippen LogP contribution >= 0.6 is 0 Å². The highest BCUT2D eigenvalue weighted by molar-refractivity contribution is 5.96. The van der Waals surface area contributed by atoms with Crippen LogP contribution in [0.1, 0.15) is 22.3 Å². The number of aromatic amines is 1. The molecule has 1 aliphatic heterocycles. The fourth-order valence-corrected chi connectivity index (χ4v) is 3.57. The van der Waals surface area contributed by atoms with Gasteiger partial charge < -0.3 is 9.88 Å². The minimum absolute atomic E-state index is 0.0369. The molecule has 4 aromatic rings. The van der Waals surface area contributed by atoms with E-state index in [1.807, 2.05) is 23.1 Å². The second-order valence-corrected chi connectivity index (χ2v) is 6.49. The van der Waals surface area contributed by atoms with Gasteiger partial charge in [-0.3, -0.25) is 9.20 Å². The number of hydrogen-bond donors (Lipinski definition) is 1. The summed E-state index contributed by atoms with van der Waals surface area (Å²) in [4.78, 5) is 18.0. The lowest BCUT2D eigenvalue weighted by Gasteiger charge is -2.26. The molecule has 1 amide bonds. The van der Waals surface area contributed by atoms with Gasteiger partial charge in [-0.15, -0.1) is 10.2 Å². The van der Waals surface area contributed by atoms with E-state index in [1.165, 1.54) is 16.5 Å². The Hall–Kier alpha value is -3.41. The van der Waals surface area contributed by atoms with Crippen molar-refractivity contribution < 1.29 is 4.79 Å². The Morgan fingerprint density at radius 2 is 2.08 bits per heavy atom. The molecule has 0 saturated carbocycles. The van der Waals surface area contributed by atoms with Crippen LogP contribution in [-0.4, -0.2) is 43.5 Å². The SMILES string of the molecule is O=C(c1ccc2nncn2c1)N1CC=C(c2c[nH]c3ccccc23)CC1. The molecule has 1 aliphatic rings. The summed E-state index contributed by atoms with van der Waals surface area (Å²) in [6.07, 6.45) is 8.47. The van der Waals surface area contributed by atoms with E-state index in [0.29, 0.717) is 18.7 Å². The van der Waals surface area contributed by atoms with E-state index < -0.39 is 0 Å². The van der Waals surface area contributed by atoms with Gasteiger partial charge in [0.1, 0.15) is 6.33 Å². The van der Waals surface area contributed by atoms with Crippen molar-refractivity contribution in [1.82, 2.24) is 24.5 Å². The Morgan fingerprint density at radius 1 is 1.15 bits per heavy atom. The van der Waals surface area contributed by atoms with E-state index in [0.717, 1.165) is 17.6 Å². The summed E-state index contributed by atoms with van der Waals surface area (Å²) in [6.45, 7) is 1.33. The van der Waals surface area contributed by atoms with Crippen LogP contribution in [0.3, 0.4) is 0 Å². The first-order valence-corrected chi connectivity index (χ1v) is 8.64. The lowest BCUT2D eigenvalue weighted by Crippen LogP contribution is -2.34. The van der Waals surface area contributed by atoms with E-state index in [-0.39, 0.29) is 5.91 Å². The zero-order chi connectivity index (χ0) is 17.5. The number of nitrogens with zero attached hydrogens (tertiary/aromatic N) is 4. The molecule has 0 atom stereocenters. The zero-order valence-electron chi connectivity index (χ0n) is 14.1. The summed E-state index contributed by atoms with van der Waals surface area (Å²) in [5.41, 5.74) is 5.06. The molecule has 1 aromatic carbocycles. The van der Waals surface area contributed by atoms with Crippen molar-refractivity contribution in [3.63, 3.8) is 0 Å². The first kappa shape index (κ1) is 14.9. The molecule has 4 heterocycles. The molecular formula is C20H17N5O. The normalized spacial score (nSPS) is 14.8. The van der Waals surface area contributed by atoms with Crippen molar-refractivity contribution in [2.24, 2.45) is 0 Å². The lowest BCUT2D eigenvalue weighted by molar-refractivity contribution is 0.0772. The quantitative estimate of drug-likeness (QED) is 0.608. The number of fused-ring (bicyclic) bond motifs is 2. The predicted molar refractivity (Wildman–Crippen MR) is 99.8 cm³/mol. The second-order valence-electron chi connectivity index (χ2n) is 6.49. The Bertz CT molecular complexity index is 1150. The Kier molecular flexibility index (Phi) is 3.35. The standard InChI is InChI=1S/C20H17N5O/c26-20(15-5-6-19-23-22-13-25(19)12-15)24-9-7-14(8-10-24)17-11-21-18-4-2-1-3-16(17)18/h1-7,11-13,21H,8-10H2. The van der Waals surface area contributed by atoms with Gasteiger partial charge in [-0.1, -0.05) is 24.3 Å². The molecule has 26 heavy (non-hydrogen) atoms. The largest absolute Gasteiger partial charge is 0.361 e. The summed E-state index contributed by atoms with van der Waals surface area (Å²) in [6, 6.07) is 11.9. The summed E-state index contributed by atoms with van der Waals surface area (Å²) in [5.74, 6) is 0.0369. The van der Waals surface area contributed by atoms with Gasteiger partial charge in [-0.25, -0.2) is 0 Å². The maximum atomic E-state index is 12.8. The van der Waals surface area contributed by atoms with Gasteiger partial charge in [0.05, 0.1) is 5.56 Å². The molecule has 6 nitrogen and oxygen atoms in total. The third kappa shape index (κ3) is 2.38. The van der Waals surface area contributed by atoms with Crippen molar-refractivity contribution in [3.8, 4) is 0 Å². The number of H-pyrrole nitrogens is 1. The van der Waals surface area contributed by atoms with Crippen molar-refractivity contribution >= 4 is 28.0 Å². The average Bonchev–Trinajstić information content (AvgIpc) is 3.34. The maximum Gasteiger partial charge on any atom is 0.255 e. The van der Waals surface area contributed by atoms with Gasteiger partial charge in [0.25, 0.3) is 5.91 Å². The van der Waals surface area contributed by atoms with E-state index in [4.69, 9.17) is 0 Å². The number of carbonyl (C=O) groups excluding carboxylic acids is 1. The van der Waals surface area contributed by atoms with E-state index in [2.05, 4.69) is 45.7 Å². The number of hydrogen-bond acceptors (Lipinski definition) is 3. The summed E-state index contributed by atoms with van der Waals surface area (Å²) in [7, 11) is 0. The van der Waals surface area contributed by atoms with Crippen molar-refractivity contribution in [2.45, 2.75) is 6.42 Å². The van der Waals surface area contributed by atoms with Crippen molar-refractivity contribution in [2.75, 3.05) is 13.1 Å². The number of carbonyl (C=O) groups is 1. The highest BCUT2D eigenvalue weighted by Crippen LogP contribution is 2.29. The van der Waals surface area contributed by atoms with Crippen LogP contribution in [0.4, 0.5) is 0 Å². The number of amides is 1. The van der Waals surface area contributed by atoms with E-state index >= 15 is 0 Å². The number of para-hydroxylation sites is 1. The monoisotopic (exact) mass is 343 g/mol. The van der Waals surface area contributed by atoms with Crippen LogP contribution in [0.5, 0.6) is 0 Å². The van der Waals surface area contributed by atoms with E-state index in [1.54, 1.807) is 16.9 Å². The number of aromatic nitrogens is 4. The van der Waals surface area contributed by atoms with Gasteiger partial charge >= 0.3 is 0 Å². The molecule has 3 aromatic heterocycles. The molecule has 0 fully saturated rings. The Balaban J connectivity index is 1.39. The van der Waals surface area contributed by atoms with Gasteiger partial charge in [0.15, 0.2) is 5.65 Å². The molecule has 0 bridgehead atoms. The van der Waals surface area contributed by atoms with Crippen molar-refractivity contribution in [3.05, 3.63) is 72.3 Å². The van der Waals surface area contributed by atoms with Gasteiger partial charge in [-0.05, 0) is 30.2 Å². The van der Waals surface area contributed by atoms with Crippen LogP contribution in [0, 0.1) is 0 Å². The Morgan fingerprint density at radius 3 is 2.96 bits per heavy atom. The van der Waals surface area contributed by atoms with Crippen molar-refractivity contribution in [1.29, 1.82) is 0 Å². The number of rotatable bonds is 2. The molecule has 0 aliphatic carbocycles. The average molecular weight is 343 g/mol. The van der Waals surface area contributed by atoms with Crippen LogP contribution in [0.25, 0.3) is 22.1 Å². The van der Waals surface area contributed by atoms with Crippen LogP contribution in [0.2, 0.25) is 0 Å². The first-order chi connectivity index (χ1) is 12.8. The van der Waals surface area contributed by atoms with Gasteiger partial charge in [0.2, 0.25) is 0 Å². The summed E-state index contributed by atoms with van der Waals surface area (Å²) in [5, 5.41) is 9.06. The third-order valence-corrected chi connectivity index (χ3v) is 4.97. The number of pyridine rings is 1. The fourth-order valence-electron chi connectivity index (χ4n) is 3.57. The Labute approximate surface area is 149 Å². The van der Waals surface area contributed by atoms with Crippen LogP contribution in [-0.2, 0) is 0 Å². The number of nitrogens with one attached hydrogen (secondary N) is 1. The second kappa shape index (κ2) is 5.84. The van der Waals surface area contributed by atoms with Gasteiger partial charge in [-0.2, -0.15) is 0 Å². The number of benzene rings is 1.